The van der Waals surface area contributed by atoms with Gasteiger partial charge in [0.2, 0.25) is 0 Å². The van der Waals surface area contributed by atoms with Crippen molar-refractivity contribution in [3.63, 3.8) is 0 Å². The molecule has 3 nitrogen and oxygen atoms in total. The molecule has 1 N–H and O–H groups in total. The zero-order chi connectivity index (χ0) is 16.1. The molecule has 0 unspecified atom stereocenters. The van der Waals surface area contributed by atoms with Gasteiger partial charge in [0.1, 0.15) is 6.54 Å². The molecule has 3 rings (SSSR count). The summed E-state index contributed by atoms with van der Waals surface area (Å²) in [5.74, 6) is 0. The van der Waals surface area contributed by atoms with Gasteiger partial charge in [-0.2, -0.15) is 5.10 Å². The van der Waals surface area contributed by atoms with Crippen molar-refractivity contribution in [3.8, 4) is 0 Å². The summed E-state index contributed by atoms with van der Waals surface area (Å²) < 4.78 is 0. The highest BCUT2D eigenvalue weighted by atomic mass is 35.5. The van der Waals surface area contributed by atoms with Crippen LogP contribution in [0.15, 0.2) is 53.6 Å². The Morgan fingerprint density at radius 1 is 0.957 bits per heavy atom. The van der Waals surface area contributed by atoms with E-state index in [0.717, 1.165) is 38.3 Å². The average Bonchev–Trinajstić information content (AvgIpc) is 2.57. The largest absolute Gasteiger partial charge is 0.328 e. The Bertz CT molecular complexity index is 645. The number of nitrogens with one attached hydrogen (secondary N) is 1. The molecule has 0 aliphatic carbocycles. The monoisotopic (exact) mass is 348 g/mol. The molecule has 2 aromatic rings. The van der Waals surface area contributed by atoms with Gasteiger partial charge >= 0.3 is 0 Å². The average molecular weight is 349 g/mol. The van der Waals surface area contributed by atoms with Gasteiger partial charge in [-0.3, -0.25) is 5.01 Å². The van der Waals surface area contributed by atoms with E-state index in [9.17, 15) is 0 Å². The number of hydrazone groups is 1. The first kappa shape index (κ1) is 16.3. The molecule has 1 saturated heterocycles. The van der Waals surface area contributed by atoms with Crippen LogP contribution in [-0.2, 0) is 6.54 Å². The highest BCUT2D eigenvalue weighted by molar-refractivity contribution is 6.38. The smallest absolute Gasteiger partial charge is 0.103 e. The molecule has 0 spiro atoms. The van der Waals surface area contributed by atoms with Crippen LogP contribution in [0, 0.1) is 0 Å². The predicted octanol–water partition coefficient (Wildman–Crippen LogP) is 2.73. The molecular weight excluding hydrogens is 329 g/mol. The number of hydrogen-bond acceptors (Lipinski definition) is 2. The summed E-state index contributed by atoms with van der Waals surface area (Å²) in [6.45, 7) is 5.14. The van der Waals surface area contributed by atoms with Crippen molar-refractivity contribution in [1.82, 2.24) is 5.01 Å². The van der Waals surface area contributed by atoms with Crippen LogP contribution < -0.4 is 4.90 Å². The number of benzene rings is 2. The molecule has 0 atom stereocenters. The number of rotatable bonds is 4. The third-order valence-electron chi connectivity index (χ3n) is 4.09. The van der Waals surface area contributed by atoms with Gasteiger partial charge in [-0.25, -0.2) is 0 Å². The molecule has 5 heteroatoms. The first-order valence-corrected chi connectivity index (χ1v) is 8.58. The predicted molar refractivity (Wildman–Crippen MR) is 96.5 cm³/mol. The highest BCUT2D eigenvalue weighted by Gasteiger charge is 2.18. The van der Waals surface area contributed by atoms with Crippen molar-refractivity contribution in [2.75, 3.05) is 26.2 Å². The van der Waals surface area contributed by atoms with Gasteiger partial charge in [0.05, 0.1) is 42.4 Å². The minimum absolute atomic E-state index is 0.634. The van der Waals surface area contributed by atoms with Crippen LogP contribution in [0.2, 0.25) is 10.0 Å². The second-order valence-corrected chi connectivity index (χ2v) is 6.56. The second-order valence-electron chi connectivity index (χ2n) is 5.75. The summed E-state index contributed by atoms with van der Waals surface area (Å²) >= 11 is 12.3. The number of nitrogens with zero attached hydrogens (tertiary/aromatic N) is 2. The van der Waals surface area contributed by atoms with Gasteiger partial charge in [0.15, 0.2) is 0 Å². The molecule has 0 amide bonds. The Kier molecular flexibility index (Phi) is 5.55. The van der Waals surface area contributed by atoms with E-state index >= 15 is 0 Å². The van der Waals surface area contributed by atoms with Crippen LogP contribution in [0.25, 0.3) is 0 Å². The molecular formula is C18H20Cl2N3+. The normalized spacial score (nSPS) is 16.2. The topological polar surface area (TPSA) is 20.0 Å². The molecule has 0 saturated carbocycles. The lowest BCUT2D eigenvalue weighted by Gasteiger charge is -2.30. The van der Waals surface area contributed by atoms with E-state index in [1.165, 1.54) is 5.56 Å². The van der Waals surface area contributed by atoms with Crippen molar-refractivity contribution in [1.29, 1.82) is 0 Å². The van der Waals surface area contributed by atoms with Gasteiger partial charge in [0.25, 0.3) is 0 Å². The third kappa shape index (κ3) is 4.47. The minimum Gasteiger partial charge on any atom is -0.328 e. The summed E-state index contributed by atoms with van der Waals surface area (Å²) in [7, 11) is 0. The van der Waals surface area contributed by atoms with Gasteiger partial charge in [-0.05, 0) is 12.1 Å². The number of hydrogen-bond donors (Lipinski definition) is 1. The van der Waals surface area contributed by atoms with Crippen LogP contribution in [0.3, 0.4) is 0 Å². The van der Waals surface area contributed by atoms with Gasteiger partial charge in [-0.15, -0.1) is 0 Å². The highest BCUT2D eigenvalue weighted by Crippen LogP contribution is 2.22. The third-order valence-corrected chi connectivity index (χ3v) is 4.75. The molecule has 1 heterocycles. The lowest BCUT2D eigenvalue weighted by atomic mass is 10.2. The van der Waals surface area contributed by atoms with E-state index in [2.05, 4.69) is 40.4 Å². The van der Waals surface area contributed by atoms with E-state index < -0.39 is 0 Å². The minimum atomic E-state index is 0.634. The summed E-state index contributed by atoms with van der Waals surface area (Å²) in [5, 5.41) is 7.90. The number of quaternary nitrogens is 1. The van der Waals surface area contributed by atoms with Crippen LogP contribution in [0.5, 0.6) is 0 Å². The van der Waals surface area contributed by atoms with E-state index in [-0.39, 0.29) is 0 Å². The lowest BCUT2D eigenvalue weighted by molar-refractivity contribution is -0.918. The van der Waals surface area contributed by atoms with Crippen molar-refractivity contribution in [2.24, 2.45) is 5.10 Å². The number of piperazine rings is 1. The SMILES string of the molecule is Clc1cccc(Cl)c1/C=N/N1CC[NH+](Cc2ccccc2)CC1. The van der Waals surface area contributed by atoms with Gasteiger partial charge in [-0.1, -0.05) is 59.6 Å². The Hall–Kier alpha value is -1.55. The Balaban J connectivity index is 1.54. The van der Waals surface area contributed by atoms with Crippen molar-refractivity contribution >= 4 is 29.4 Å². The molecule has 2 aromatic carbocycles. The molecule has 0 aromatic heterocycles. The Morgan fingerprint density at radius 3 is 2.26 bits per heavy atom. The maximum absolute atomic E-state index is 6.16. The van der Waals surface area contributed by atoms with Crippen LogP contribution in [-0.4, -0.2) is 37.4 Å². The molecule has 1 aliphatic heterocycles. The molecule has 1 aliphatic rings. The maximum Gasteiger partial charge on any atom is 0.103 e. The number of halogens is 2. The summed E-state index contributed by atoms with van der Waals surface area (Å²) in [5.41, 5.74) is 2.18. The lowest BCUT2D eigenvalue weighted by Crippen LogP contribution is -3.13. The zero-order valence-corrected chi connectivity index (χ0v) is 14.4. The van der Waals surface area contributed by atoms with E-state index in [0.29, 0.717) is 10.0 Å². The van der Waals surface area contributed by atoms with Crippen molar-refractivity contribution < 1.29 is 4.90 Å². The van der Waals surface area contributed by atoms with Crippen molar-refractivity contribution in [3.05, 3.63) is 69.7 Å². The fourth-order valence-corrected chi connectivity index (χ4v) is 3.26. The summed E-state index contributed by atoms with van der Waals surface area (Å²) in [6.07, 6.45) is 1.77. The first-order valence-electron chi connectivity index (χ1n) is 7.83. The van der Waals surface area contributed by atoms with Crippen LogP contribution in [0.1, 0.15) is 11.1 Å². The van der Waals surface area contributed by atoms with Crippen molar-refractivity contribution in [2.45, 2.75) is 6.54 Å². The first-order chi connectivity index (χ1) is 11.2. The Morgan fingerprint density at radius 2 is 1.61 bits per heavy atom. The Labute approximate surface area is 147 Å². The summed E-state index contributed by atoms with van der Waals surface area (Å²) in [6, 6.07) is 16.1. The molecule has 0 radical (unpaired) electrons. The van der Waals surface area contributed by atoms with E-state index in [1.54, 1.807) is 11.1 Å². The zero-order valence-electron chi connectivity index (χ0n) is 12.9. The molecule has 120 valence electrons. The van der Waals surface area contributed by atoms with Crippen LogP contribution >= 0.6 is 23.2 Å². The van der Waals surface area contributed by atoms with Gasteiger partial charge in [0, 0.05) is 11.1 Å². The fourth-order valence-electron chi connectivity index (χ4n) is 2.76. The standard InChI is InChI=1S/C18H19Cl2N3/c19-17-7-4-8-18(20)16(17)13-21-23-11-9-22(10-12-23)14-15-5-2-1-3-6-15/h1-8,13H,9-12,14H2/p+1/b21-13+. The maximum atomic E-state index is 6.16. The quantitative estimate of drug-likeness (QED) is 0.842. The fraction of sp³-hybridized carbons (Fsp3) is 0.278. The van der Waals surface area contributed by atoms with Gasteiger partial charge < -0.3 is 4.90 Å². The van der Waals surface area contributed by atoms with E-state index in [4.69, 9.17) is 23.2 Å². The second kappa shape index (κ2) is 7.82. The summed E-state index contributed by atoms with van der Waals surface area (Å²) in [4.78, 5) is 1.60. The van der Waals surface area contributed by atoms with E-state index in [1.807, 2.05) is 18.2 Å². The molecule has 0 bridgehead atoms. The molecule has 1 fully saturated rings. The van der Waals surface area contributed by atoms with Crippen LogP contribution in [0.4, 0.5) is 0 Å². The molecule has 23 heavy (non-hydrogen) atoms.